The maximum Gasteiger partial charge on any atom is 0.418 e. The van der Waals surface area contributed by atoms with Crippen LogP contribution in [0.4, 0.5) is 4.79 Å². The smallest absolute Gasteiger partial charge is 0.418 e. The average Bonchev–Trinajstić information content (AvgIpc) is 1.89. The van der Waals surface area contributed by atoms with Crippen LogP contribution in [-0.2, 0) is 4.74 Å². The number of hydrogen-bond donors (Lipinski definition) is 0. The topological polar surface area (TPSA) is 29.5 Å². The molecule has 58 valence electrons. The van der Waals surface area contributed by atoms with Gasteiger partial charge in [0.15, 0.2) is 0 Å². The summed E-state index contributed by atoms with van der Waals surface area (Å²) >= 11 is 1.88. The summed E-state index contributed by atoms with van der Waals surface area (Å²) in [4.78, 5) is 10.8. The van der Waals surface area contributed by atoms with Crippen molar-refractivity contribution in [1.29, 1.82) is 0 Å². The summed E-state index contributed by atoms with van der Waals surface area (Å²) in [6, 6.07) is 0. The minimum Gasteiger partial charge on any atom is -0.449 e. The second-order valence-corrected chi connectivity index (χ2v) is 2.70. The Balaban J connectivity index is 3.58. The lowest BCUT2D eigenvalue weighted by molar-refractivity contribution is 0.139. The average molecular weight is 255 g/mol. The molecule has 0 saturated carbocycles. The van der Waals surface area contributed by atoms with Crippen molar-refractivity contribution in [1.82, 2.24) is 3.11 Å². The number of amides is 1. The lowest BCUT2D eigenvalue weighted by Gasteiger charge is -2.10. The zero-order valence-corrected chi connectivity index (χ0v) is 8.00. The zero-order chi connectivity index (χ0) is 7.98. The first-order valence-corrected chi connectivity index (χ1v) is 3.89. The standard InChI is InChI=1S/C6H10INO2/c1-3-5-8(7)6(9)10-4-2/h3H,1,4-5H2,2H3. The van der Waals surface area contributed by atoms with Crippen LogP contribution in [0.15, 0.2) is 12.7 Å². The van der Waals surface area contributed by atoms with E-state index in [2.05, 4.69) is 11.3 Å². The summed E-state index contributed by atoms with van der Waals surface area (Å²) < 4.78 is 6.11. The molecule has 0 rings (SSSR count). The van der Waals surface area contributed by atoms with E-state index >= 15 is 0 Å². The Hall–Kier alpha value is -0.260. The van der Waals surface area contributed by atoms with Gasteiger partial charge >= 0.3 is 6.09 Å². The van der Waals surface area contributed by atoms with Gasteiger partial charge in [0.25, 0.3) is 0 Å². The molecule has 0 aromatic carbocycles. The highest BCUT2D eigenvalue weighted by Gasteiger charge is 2.07. The summed E-state index contributed by atoms with van der Waals surface area (Å²) in [5.74, 6) is 0. The van der Waals surface area contributed by atoms with Crippen molar-refractivity contribution in [3.63, 3.8) is 0 Å². The number of rotatable bonds is 3. The van der Waals surface area contributed by atoms with E-state index in [-0.39, 0.29) is 6.09 Å². The third-order valence-electron chi connectivity index (χ3n) is 0.755. The minimum absolute atomic E-state index is 0.317. The Morgan fingerprint density at radius 3 is 2.90 bits per heavy atom. The van der Waals surface area contributed by atoms with E-state index in [0.717, 1.165) is 0 Å². The van der Waals surface area contributed by atoms with Crippen molar-refractivity contribution >= 4 is 29.0 Å². The van der Waals surface area contributed by atoms with Crippen LogP contribution in [0.3, 0.4) is 0 Å². The van der Waals surface area contributed by atoms with E-state index in [1.165, 1.54) is 3.11 Å². The molecule has 0 atom stereocenters. The zero-order valence-electron chi connectivity index (χ0n) is 5.84. The predicted octanol–water partition coefficient (Wildman–Crippen LogP) is 1.98. The SMILES string of the molecule is C=CCN(I)C(=O)OCC. The maximum absolute atomic E-state index is 10.8. The molecule has 0 aromatic heterocycles. The van der Waals surface area contributed by atoms with Gasteiger partial charge in [-0.15, -0.1) is 6.58 Å². The Morgan fingerprint density at radius 1 is 1.90 bits per heavy atom. The Kier molecular flexibility index (Phi) is 5.38. The van der Waals surface area contributed by atoms with Gasteiger partial charge in [-0.1, -0.05) is 6.08 Å². The van der Waals surface area contributed by atoms with Gasteiger partial charge in [0.05, 0.1) is 36.0 Å². The summed E-state index contributed by atoms with van der Waals surface area (Å²) in [5, 5.41) is 0. The predicted molar refractivity (Wildman–Crippen MR) is 47.9 cm³/mol. The van der Waals surface area contributed by atoms with Gasteiger partial charge < -0.3 is 4.74 Å². The largest absolute Gasteiger partial charge is 0.449 e. The van der Waals surface area contributed by atoms with Gasteiger partial charge in [-0.2, -0.15) is 0 Å². The van der Waals surface area contributed by atoms with Crippen molar-refractivity contribution in [2.24, 2.45) is 0 Å². The first kappa shape index (κ1) is 9.74. The summed E-state index contributed by atoms with van der Waals surface area (Å²) in [6.45, 7) is 6.19. The lowest BCUT2D eigenvalue weighted by atomic mass is 10.6. The van der Waals surface area contributed by atoms with Crippen molar-refractivity contribution in [3.8, 4) is 0 Å². The molecular formula is C6H10INO2. The first-order valence-electron chi connectivity index (χ1n) is 2.93. The second-order valence-electron chi connectivity index (χ2n) is 1.53. The molecule has 10 heavy (non-hydrogen) atoms. The fourth-order valence-corrected chi connectivity index (χ4v) is 0.799. The van der Waals surface area contributed by atoms with Gasteiger partial charge in [0.2, 0.25) is 0 Å². The highest BCUT2D eigenvalue weighted by molar-refractivity contribution is 14.1. The molecule has 0 aliphatic heterocycles. The molecule has 3 nitrogen and oxygen atoms in total. The van der Waals surface area contributed by atoms with Crippen molar-refractivity contribution < 1.29 is 9.53 Å². The van der Waals surface area contributed by atoms with Crippen LogP contribution in [0, 0.1) is 0 Å². The Morgan fingerprint density at radius 2 is 2.50 bits per heavy atom. The van der Waals surface area contributed by atoms with Gasteiger partial charge in [0.1, 0.15) is 0 Å². The molecule has 0 radical (unpaired) electrons. The molecule has 4 heteroatoms. The van der Waals surface area contributed by atoms with E-state index in [1.54, 1.807) is 13.0 Å². The van der Waals surface area contributed by atoms with Crippen LogP contribution in [0.5, 0.6) is 0 Å². The summed E-state index contributed by atoms with van der Waals surface area (Å²) in [7, 11) is 0. The molecule has 0 fully saturated rings. The second kappa shape index (κ2) is 5.52. The van der Waals surface area contributed by atoms with E-state index < -0.39 is 0 Å². The molecule has 0 bridgehead atoms. The maximum atomic E-state index is 10.8. The van der Waals surface area contributed by atoms with E-state index in [1.807, 2.05) is 22.9 Å². The molecule has 0 spiro atoms. The molecule has 0 saturated heterocycles. The normalized spacial score (nSPS) is 8.60. The van der Waals surface area contributed by atoms with Crippen molar-refractivity contribution in [2.45, 2.75) is 6.92 Å². The Bertz CT molecular complexity index is 127. The molecular weight excluding hydrogens is 245 g/mol. The number of carbonyl (C=O) groups excluding carboxylic acids is 1. The minimum atomic E-state index is -0.317. The molecule has 0 N–H and O–H groups in total. The molecule has 0 heterocycles. The molecule has 0 aliphatic rings. The van der Waals surface area contributed by atoms with Crippen molar-refractivity contribution in [3.05, 3.63) is 12.7 Å². The van der Waals surface area contributed by atoms with Crippen molar-refractivity contribution in [2.75, 3.05) is 13.2 Å². The number of hydrogen-bond acceptors (Lipinski definition) is 2. The quantitative estimate of drug-likeness (QED) is 0.438. The fraction of sp³-hybridized carbons (Fsp3) is 0.500. The summed E-state index contributed by atoms with van der Waals surface area (Å²) in [6.07, 6.45) is 1.33. The van der Waals surface area contributed by atoms with Gasteiger partial charge in [-0.05, 0) is 6.92 Å². The van der Waals surface area contributed by atoms with Crippen LogP contribution in [0.25, 0.3) is 0 Å². The summed E-state index contributed by atoms with van der Waals surface area (Å²) in [5.41, 5.74) is 0. The van der Waals surface area contributed by atoms with Gasteiger partial charge in [-0.25, -0.2) is 7.91 Å². The van der Waals surface area contributed by atoms with E-state index in [9.17, 15) is 4.79 Å². The monoisotopic (exact) mass is 255 g/mol. The third-order valence-corrected chi connectivity index (χ3v) is 1.54. The van der Waals surface area contributed by atoms with Crippen LogP contribution in [-0.4, -0.2) is 22.4 Å². The third kappa shape index (κ3) is 3.71. The van der Waals surface area contributed by atoms with Gasteiger partial charge in [0, 0.05) is 0 Å². The van der Waals surface area contributed by atoms with E-state index in [4.69, 9.17) is 0 Å². The lowest BCUT2D eigenvalue weighted by Crippen LogP contribution is -2.21. The highest BCUT2D eigenvalue weighted by Crippen LogP contribution is 2.01. The molecule has 0 unspecified atom stereocenters. The van der Waals surface area contributed by atoms with Crippen LogP contribution in [0.1, 0.15) is 6.92 Å². The molecule has 0 aliphatic carbocycles. The number of nitrogens with zero attached hydrogens (tertiary/aromatic N) is 1. The molecule has 0 aromatic rings. The van der Waals surface area contributed by atoms with Crippen LogP contribution >= 0.6 is 22.9 Å². The fourth-order valence-electron chi connectivity index (χ4n) is 0.381. The van der Waals surface area contributed by atoms with Crippen LogP contribution < -0.4 is 0 Å². The number of carbonyl (C=O) groups is 1. The Labute approximate surface area is 74.5 Å². The molecule has 1 amide bonds. The van der Waals surface area contributed by atoms with E-state index in [0.29, 0.717) is 13.2 Å². The van der Waals surface area contributed by atoms with Gasteiger partial charge in [-0.3, -0.25) is 0 Å². The number of halogens is 1. The first-order chi connectivity index (χ1) is 4.72. The number of ether oxygens (including phenoxy) is 1. The highest BCUT2D eigenvalue weighted by atomic mass is 127. The van der Waals surface area contributed by atoms with Crippen LogP contribution in [0.2, 0.25) is 0 Å².